The number of carbonyl (C=O) groups excluding carboxylic acids is 3. The fraction of sp³-hybridized carbons (Fsp3) is 0.256. The van der Waals surface area contributed by atoms with E-state index >= 15 is 0 Å². The topological polar surface area (TPSA) is 308 Å². The average Bonchev–Trinajstić information content (AvgIpc) is 1.62. The van der Waals surface area contributed by atoms with Crippen molar-refractivity contribution in [2.24, 2.45) is 11.8 Å². The molecule has 0 saturated carbocycles. The number of nitrogens with zero attached hydrogens (tertiary/aromatic N) is 2. The molecular formula is C78H84N4O20. The molecule has 0 spiro atoms. The molecule has 6 aliphatic heterocycles. The Morgan fingerprint density at radius 2 is 0.794 bits per heavy atom. The normalized spacial score (nSPS) is 17.5. The number of esters is 1. The molecule has 3 aromatic rings. The van der Waals surface area contributed by atoms with Crippen LogP contribution in [-0.4, -0.2) is 110 Å². The fourth-order valence-corrected chi connectivity index (χ4v) is 8.80. The highest BCUT2D eigenvalue weighted by molar-refractivity contribution is 5.89. The Labute approximate surface area is 610 Å². The number of amides is 2. The molecule has 3 aromatic carbocycles. The number of terminal acetylenes is 1. The van der Waals surface area contributed by atoms with E-state index in [1.54, 1.807) is 57.2 Å². The van der Waals surface area contributed by atoms with Gasteiger partial charge >= 0.3 is 11.9 Å². The third-order valence-electron chi connectivity index (χ3n) is 13.0. The summed E-state index contributed by atoms with van der Waals surface area (Å²) in [7, 11) is 0. The lowest BCUT2D eigenvalue weighted by atomic mass is 10.00. The second-order valence-corrected chi connectivity index (χ2v) is 19.5. The van der Waals surface area contributed by atoms with Crippen molar-refractivity contribution in [2.45, 2.75) is 89.8 Å². The van der Waals surface area contributed by atoms with Crippen molar-refractivity contribution < 1.29 is 119 Å². The summed E-state index contributed by atoms with van der Waals surface area (Å²) < 4.78 is 27.6. The molecule has 0 aliphatic carbocycles. The van der Waals surface area contributed by atoms with E-state index in [1.807, 2.05) is 52.3 Å². The van der Waals surface area contributed by atoms with Gasteiger partial charge in [0.1, 0.15) is 6.61 Å². The number of nitrogens with one attached hydrogen (secondary N) is 2. The van der Waals surface area contributed by atoms with Gasteiger partial charge in [0.25, 0.3) is 0 Å². The first kappa shape index (κ1) is 81.4. The van der Waals surface area contributed by atoms with Crippen molar-refractivity contribution >= 4 is 23.8 Å². The van der Waals surface area contributed by atoms with Gasteiger partial charge < -0.3 is 38.6 Å². The third kappa shape index (κ3) is 33.3. The molecule has 6 saturated heterocycles. The molecule has 2 amide bonds. The molecule has 7 N–H and O–H groups in total. The maximum Gasteiger partial charge on any atom is 0.338 e. The lowest BCUT2D eigenvalue weighted by molar-refractivity contribution is -0.572. The number of carboxylic acids is 1. The number of aromatic carboxylic acids is 1. The Morgan fingerprint density at radius 3 is 1.08 bits per heavy atom. The van der Waals surface area contributed by atoms with Crippen molar-refractivity contribution in [1.82, 2.24) is 21.1 Å². The predicted octanol–water partition coefficient (Wildman–Crippen LogP) is 8.30. The van der Waals surface area contributed by atoms with Crippen LogP contribution in [0.15, 0.2) is 78.9 Å². The number of hydrogen-bond donors (Lipinski definition) is 7. The van der Waals surface area contributed by atoms with Crippen molar-refractivity contribution in [3.8, 4) is 214 Å². The minimum absolute atomic E-state index is 0. The van der Waals surface area contributed by atoms with Gasteiger partial charge in [0.05, 0.1) is 61.8 Å². The molecule has 6 heterocycles. The van der Waals surface area contributed by atoms with Crippen molar-refractivity contribution in [3.05, 3.63) is 107 Å². The average molecular weight is 1400 g/mol. The van der Waals surface area contributed by atoms with E-state index in [0.717, 1.165) is 55.6 Å². The number of benzene rings is 3. The molecule has 24 heteroatoms. The summed E-state index contributed by atoms with van der Waals surface area (Å²) in [6.45, 7) is 7.99. The molecular weight excluding hydrogens is 1310 g/mol. The molecule has 24 nitrogen and oxygen atoms in total. The summed E-state index contributed by atoms with van der Waals surface area (Å²) in [5.74, 6) is 86.5. The van der Waals surface area contributed by atoms with Crippen molar-refractivity contribution in [3.63, 3.8) is 0 Å². The van der Waals surface area contributed by atoms with Crippen LogP contribution in [0.1, 0.15) is 116 Å². The van der Waals surface area contributed by atoms with Crippen LogP contribution >= 0.6 is 0 Å². The molecule has 0 bridgehead atoms. The highest BCUT2D eigenvalue weighted by atomic mass is 17.5. The summed E-state index contributed by atoms with van der Waals surface area (Å²) in [5.41, 5.74) is 5.92. The number of ether oxygens (including phenoxy) is 5. The quantitative estimate of drug-likeness (QED) is 0.0177. The second-order valence-electron chi connectivity index (χ2n) is 19.5. The minimum Gasteiger partial charge on any atom is -0.478 e. The van der Waals surface area contributed by atoms with Crippen LogP contribution in [0.5, 0.6) is 0 Å². The van der Waals surface area contributed by atoms with Gasteiger partial charge in [0.2, 0.25) is 11.8 Å². The number of hydrogen-bond acceptors (Lipinski definition) is 21. The van der Waals surface area contributed by atoms with Gasteiger partial charge in [-0.15, -0.1) is 16.4 Å². The largest absolute Gasteiger partial charge is 0.478 e. The van der Waals surface area contributed by atoms with Crippen molar-refractivity contribution in [1.29, 1.82) is 0 Å². The molecule has 8 atom stereocenters. The molecule has 0 radical (unpaired) electrons. The van der Waals surface area contributed by atoms with Crippen LogP contribution in [0.2, 0.25) is 0 Å². The van der Waals surface area contributed by atoms with Crippen LogP contribution < -0.4 is 11.3 Å². The van der Waals surface area contributed by atoms with Gasteiger partial charge in [-0.25, -0.2) is 30.6 Å². The van der Waals surface area contributed by atoms with Crippen LogP contribution in [0.25, 0.3) is 0 Å². The van der Waals surface area contributed by atoms with Crippen LogP contribution in [-0.2, 0) is 69.9 Å². The maximum absolute atomic E-state index is 12.8. The predicted molar refractivity (Wildman–Crippen MR) is 390 cm³/mol. The van der Waals surface area contributed by atoms with E-state index in [2.05, 4.69) is 237 Å². The Kier molecular flexibility index (Phi) is 40.9. The molecule has 6 fully saturated rings. The zero-order valence-electron chi connectivity index (χ0n) is 54.3. The second kappa shape index (κ2) is 51.2. The first-order chi connectivity index (χ1) is 50.0. The number of fused-ring (bicyclic) bond motifs is 2. The summed E-state index contributed by atoms with van der Waals surface area (Å²) in [5, 5.41) is 43.7. The van der Waals surface area contributed by atoms with E-state index in [1.165, 1.54) is 11.3 Å². The van der Waals surface area contributed by atoms with Gasteiger partial charge in [-0.05, 0) is 263 Å². The first-order valence-corrected chi connectivity index (χ1v) is 29.5. The van der Waals surface area contributed by atoms with Gasteiger partial charge in [0, 0.05) is 66.6 Å². The van der Waals surface area contributed by atoms with Gasteiger partial charge in [-0.3, -0.25) is 9.59 Å². The van der Waals surface area contributed by atoms with E-state index < -0.39 is 12.2 Å². The lowest BCUT2D eigenvalue weighted by Gasteiger charge is -2.23. The minimum atomic E-state index is -0.960. The van der Waals surface area contributed by atoms with Crippen LogP contribution in [0.3, 0.4) is 0 Å². The van der Waals surface area contributed by atoms with Crippen LogP contribution in [0.4, 0.5) is 0 Å². The van der Waals surface area contributed by atoms with Crippen molar-refractivity contribution in [2.75, 3.05) is 26.4 Å². The molecule has 6 aliphatic rings. The number of rotatable bonds is 16. The summed E-state index contributed by atoms with van der Waals surface area (Å²) in [6.07, 6.45) is 7.90. The monoisotopic (exact) mass is 1400 g/mol. The van der Waals surface area contributed by atoms with E-state index in [4.69, 9.17) is 56.2 Å². The zero-order chi connectivity index (χ0) is 73.5. The zero-order valence-corrected chi connectivity index (χ0v) is 54.3. The smallest absolute Gasteiger partial charge is 0.338 e. The Morgan fingerprint density at radius 1 is 0.471 bits per heavy atom. The van der Waals surface area contributed by atoms with Gasteiger partial charge in [-0.1, -0.05) is 82.3 Å². The third-order valence-corrected chi connectivity index (χ3v) is 13.0. The number of carbonyl (C=O) groups is 4. The molecule has 9 rings (SSSR count). The molecule has 0 aromatic heterocycles. The standard InChI is InChI=1S/C23H23NO5.C23H4.C16H17NO5.C16H6.2H3NO5.14H2/c25-21-18(11-20-14-27-20)10-19-13-28-22(24(19)21)16-6-8-17(9-7-16)23(26)29-12-15-4-2-1-3-5-15;1-3-5-7-9-11-13-15-17-19-21-23-22-20-18-16-14-12-10-8-6-4-2;18-14-11(6-13-8-21-13)5-12-7-22-15(17(12)14)9-1-3-10(4-2-9)16(19)20;1-3-5-7-9-11-13-15-16-14-12-10-8-6-4-2;2*2-4-1-5-6-3;;;;;;;;;;;;;;/h1-9,18-20,22H,10-14H2;1H,2H3;1-4,11-13,15H,5-8H2,(H,19,20);1-2H3;2*1-3H;14*1H/t18-,19-,20?,22+;;11-,12-,13?,15+;;;;;;;;;;;;;;;;;/m0.0................./s1. The van der Waals surface area contributed by atoms with E-state index in [9.17, 15) is 19.2 Å². The number of carboxylic acid groups (broad SMARTS) is 1. The lowest BCUT2D eigenvalue weighted by Crippen LogP contribution is -2.32. The van der Waals surface area contributed by atoms with E-state index in [0.29, 0.717) is 18.8 Å². The van der Waals surface area contributed by atoms with E-state index in [-0.39, 0.29) is 92.3 Å². The highest BCUT2D eigenvalue weighted by Crippen LogP contribution is 2.43. The summed E-state index contributed by atoms with van der Waals surface area (Å²) in [4.78, 5) is 65.0. The first-order valence-electron chi connectivity index (χ1n) is 29.5. The SMILES string of the molecule is C#CC#CC#CC#CC#CC#CC#CC#CC#CC#CC#CC.CC#CC#CC#CC#CC#CC#CC#CC.O=C(O)c1ccc([C@H]2OC[C@@H]3C[C@@H](CC4CO4)C(=O)N32)cc1.O=C(OCc1ccccc1)c1ccc([C@H]2OC[C@@H]3C[C@@H](CC4CO4)C(=O)N32)cc1.OONOOO.OONOOO.[HH].[HH].[HH].[HH].[HH].[HH].[HH].[HH].[HH].[HH].[HH].[HH].[HH].[HH]. The molecule has 102 heavy (non-hydrogen) atoms. The van der Waals surface area contributed by atoms with Gasteiger partial charge in [-0.2, -0.15) is 0 Å². The Hall–Kier alpha value is -13.0. The Bertz CT molecular complexity index is 4590. The highest BCUT2D eigenvalue weighted by Gasteiger charge is 2.51. The fourth-order valence-electron chi connectivity index (χ4n) is 8.80. The number of epoxide rings is 2. The summed E-state index contributed by atoms with van der Waals surface area (Å²) >= 11 is 0. The summed E-state index contributed by atoms with van der Waals surface area (Å²) in [6, 6.07) is 23.5. The Balaban J connectivity index is -0.000000131. The van der Waals surface area contributed by atoms with Crippen LogP contribution in [0, 0.1) is 225 Å². The van der Waals surface area contributed by atoms with Gasteiger partial charge in [0.15, 0.2) is 12.5 Å². The molecule has 2 unspecified atom stereocenters. The maximum atomic E-state index is 12.8. The molecule has 536 valence electrons.